The molecule has 2 aromatic rings. The summed E-state index contributed by atoms with van der Waals surface area (Å²) in [5, 5.41) is 7.83. The van der Waals surface area contributed by atoms with Crippen LogP contribution in [0.15, 0.2) is 29.3 Å². The van der Waals surface area contributed by atoms with Crippen molar-refractivity contribution in [2.75, 3.05) is 13.6 Å². The molecule has 0 unspecified atom stereocenters. The molecule has 0 fully saturated rings. The maximum absolute atomic E-state index is 4.46. The number of aromatic nitrogens is 1. The lowest BCUT2D eigenvalue weighted by molar-refractivity contribution is 0.796. The van der Waals surface area contributed by atoms with E-state index in [0.717, 1.165) is 36.2 Å². The molecule has 0 aliphatic heterocycles. The SMILES string of the molecule is CN=C(NCCc1sc(C)nc1C)NCc1ccc(C)cc1. The number of rotatable bonds is 5. The number of aliphatic imine (C=N–C) groups is 1. The number of hydrogen-bond donors (Lipinski definition) is 2. The number of nitrogens with zero attached hydrogens (tertiary/aromatic N) is 2. The average molecular weight is 316 g/mol. The van der Waals surface area contributed by atoms with Crippen LogP contribution in [-0.2, 0) is 13.0 Å². The monoisotopic (exact) mass is 316 g/mol. The summed E-state index contributed by atoms with van der Waals surface area (Å²) in [5.41, 5.74) is 3.68. The lowest BCUT2D eigenvalue weighted by Gasteiger charge is -2.11. The standard InChI is InChI=1S/C17H24N4S/c1-12-5-7-15(8-6-12)11-20-17(18-4)19-10-9-16-13(2)21-14(3)22-16/h5-8H,9-11H2,1-4H3,(H2,18,19,20). The fraction of sp³-hybridized carbons (Fsp3) is 0.412. The third-order valence-corrected chi connectivity index (χ3v) is 4.58. The zero-order valence-corrected chi connectivity index (χ0v) is 14.5. The summed E-state index contributed by atoms with van der Waals surface area (Å²) in [7, 11) is 1.80. The molecule has 1 heterocycles. The first kappa shape index (κ1) is 16.5. The molecule has 1 aromatic heterocycles. The Balaban J connectivity index is 1.78. The smallest absolute Gasteiger partial charge is 0.191 e. The Morgan fingerprint density at radius 2 is 1.86 bits per heavy atom. The van der Waals surface area contributed by atoms with Gasteiger partial charge in [0.1, 0.15) is 0 Å². The van der Waals surface area contributed by atoms with Crippen LogP contribution in [-0.4, -0.2) is 24.5 Å². The van der Waals surface area contributed by atoms with Gasteiger partial charge in [-0.3, -0.25) is 4.99 Å². The predicted octanol–water partition coefficient (Wildman–Crippen LogP) is 2.98. The van der Waals surface area contributed by atoms with E-state index in [-0.39, 0.29) is 0 Å². The van der Waals surface area contributed by atoms with Crippen molar-refractivity contribution in [2.45, 2.75) is 33.7 Å². The lowest BCUT2D eigenvalue weighted by Crippen LogP contribution is -2.37. The molecule has 0 spiro atoms. The van der Waals surface area contributed by atoms with Gasteiger partial charge in [0.05, 0.1) is 10.7 Å². The minimum atomic E-state index is 0.776. The van der Waals surface area contributed by atoms with Crippen LogP contribution in [0.3, 0.4) is 0 Å². The van der Waals surface area contributed by atoms with Gasteiger partial charge in [-0.05, 0) is 26.3 Å². The average Bonchev–Trinajstić information content (AvgIpc) is 2.82. The maximum Gasteiger partial charge on any atom is 0.191 e. The molecular formula is C17H24N4S. The lowest BCUT2D eigenvalue weighted by atomic mass is 10.1. The molecule has 2 rings (SSSR count). The Kier molecular flexibility index (Phi) is 5.95. The van der Waals surface area contributed by atoms with E-state index in [4.69, 9.17) is 0 Å². The Labute approximate surface area is 136 Å². The molecule has 0 aliphatic rings. The van der Waals surface area contributed by atoms with Crippen molar-refractivity contribution < 1.29 is 0 Å². The highest BCUT2D eigenvalue weighted by Gasteiger charge is 2.05. The molecule has 22 heavy (non-hydrogen) atoms. The van der Waals surface area contributed by atoms with Gasteiger partial charge < -0.3 is 10.6 Å². The topological polar surface area (TPSA) is 49.3 Å². The number of guanidine groups is 1. The first-order valence-electron chi connectivity index (χ1n) is 7.51. The van der Waals surface area contributed by atoms with Crippen LogP contribution >= 0.6 is 11.3 Å². The summed E-state index contributed by atoms with van der Waals surface area (Å²) in [6.45, 7) is 7.86. The van der Waals surface area contributed by atoms with Gasteiger partial charge in [0, 0.05) is 31.4 Å². The zero-order chi connectivity index (χ0) is 15.9. The van der Waals surface area contributed by atoms with Crippen LogP contribution in [0.25, 0.3) is 0 Å². The predicted molar refractivity (Wildman–Crippen MR) is 94.7 cm³/mol. The van der Waals surface area contributed by atoms with Crippen LogP contribution in [0, 0.1) is 20.8 Å². The largest absolute Gasteiger partial charge is 0.356 e. The van der Waals surface area contributed by atoms with Crippen LogP contribution in [0.5, 0.6) is 0 Å². The van der Waals surface area contributed by atoms with Crippen molar-refractivity contribution in [3.05, 3.63) is 51.0 Å². The summed E-state index contributed by atoms with van der Waals surface area (Å²) in [6.07, 6.45) is 0.975. The molecule has 118 valence electrons. The molecule has 5 heteroatoms. The first-order valence-corrected chi connectivity index (χ1v) is 8.33. The molecule has 0 saturated heterocycles. The summed E-state index contributed by atoms with van der Waals surface area (Å²) in [4.78, 5) is 10.1. The zero-order valence-electron chi connectivity index (χ0n) is 13.7. The third kappa shape index (κ3) is 4.84. The van der Waals surface area contributed by atoms with Crippen LogP contribution in [0.4, 0.5) is 0 Å². The van der Waals surface area contributed by atoms with Crippen molar-refractivity contribution in [3.63, 3.8) is 0 Å². The third-order valence-electron chi connectivity index (χ3n) is 3.45. The van der Waals surface area contributed by atoms with Crippen molar-refractivity contribution in [3.8, 4) is 0 Å². The minimum absolute atomic E-state index is 0.776. The van der Waals surface area contributed by atoms with Crippen LogP contribution in [0.2, 0.25) is 0 Å². The van der Waals surface area contributed by atoms with Gasteiger partial charge in [-0.25, -0.2) is 4.98 Å². The second-order valence-corrected chi connectivity index (χ2v) is 6.62. The van der Waals surface area contributed by atoms with Gasteiger partial charge >= 0.3 is 0 Å². The highest BCUT2D eigenvalue weighted by molar-refractivity contribution is 7.11. The quantitative estimate of drug-likeness (QED) is 0.658. The van der Waals surface area contributed by atoms with E-state index in [1.165, 1.54) is 16.0 Å². The summed E-state index contributed by atoms with van der Waals surface area (Å²) in [6, 6.07) is 8.53. The molecule has 1 aromatic carbocycles. The highest BCUT2D eigenvalue weighted by Crippen LogP contribution is 2.16. The van der Waals surface area contributed by atoms with Crippen LogP contribution < -0.4 is 10.6 Å². The van der Waals surface area contributed by atoms with Crippen LogP contribution in [0.1, 0.15) is 26.7 Å². The van der Waals surface area contributed by atoms with E-state index in [1.807, 2.05) is 0 Å². The van der Waals surface area contributed by atoms with Gasteiger partial charge in [0.15, 0.2) is 5.96 Å². The normalized spacial score (nSPS) is 11.5. The van der Waals surface area contributed by atoms with Crippen molar-refractivity contribution >= 4 is 17.3 Å². The fourth-order valence-corrected chi connectivity index (χ4v) is 3.15. The van der Waals surface area contributed by atoms with Gasteiger partial charge in [0.25, 0.3) is 0 Å². The number of hydrogen-bond acceptors (Lipinski definition) is 3. The van der Waals surface area contributed by atoms with Crippen molar-refractivity contribution in [2.24, 2.45) is 4.99 Å². The van der Waals surface area contributed by atoms with Crippen molar-refractivity contribution in [1.29, 1.82) is 0 Å². The number of thiazole rings is 1. The van der Waals surface area contributed by atoms with E-state index < -0.39 is 0 Å². The summed E-state index contributed by atoms with van der Waals surface area (Å²) in [5.74, 6) is 0.833. The molecular weight excluding hydrogens is 292 g/mol. The van der Waals surface area contributed by atoms with E-state index in [1.54, 1.807) is 18.4 Å². The number of benzene rings is 1. The second kappa shape index (κ2) is 7.94. The maximum atomic E-state index is 4.46. The van der Waals surface area contributed by atoms with Crippen molar-refractivity contribution in [1.82, 2.24) is 15.6 Å². The van der Waals surface area contributed by atoms with Gasteiger partial charge in [-0.15, -0.1) is 11.3 Å². The molecule has 2 N–H and O–H groups in total. The second-order valence-electron chi connectivity index (χ2n) is 5.33. The molecule has 4 nitrogen and oxygen atoms in total. The Morgan fingerprint density at radius 3 is 2.45 bits per heavy atom. The first-order chi connectivity index (χ1) is 10.6. The minimum Gasteiger partial charge on any atom is -0.356 e. The summed E-state index contributed by atoms with van der Waals surface area (Å²) >= 11 is 1.77. The fourth-order valence-electron chi connectivity index (χ4n) is 2.21. The van der Waals surface area contributed by atoms with Gasteiger partial charge in [-0.1, -0.05) is 29.8 Å². The van der Waals surface area contributed by atoms with Gasteiger partial charge in [-0.2, -0.15) is 0 Å². The molecule has 0 radical (unpaired) electrons. The van der Waals surface area contributed by atoms with Gasteiger partial charge in [0.2, 0.25) is 0 Å². The number of nitrogens with one attached hydrogen (secondary N) is 2. The molecule has 0 atom stereocenters. The Morgan fingerprint density at radius 1 is 1.14 bits per heavy atom. The molecule has 0 amide bonds. The van der Waals surface area contributed by atoms with E-state index >= 15 is 0 Å². The molecule has 0 aliphatic carbocycles. The van der Waals surface area contributed by atoms with E-state index in [9.17, 15) is 0 Å². The van der Waals surface area contributed by atoms with E-state index in [0.29, 0.717) is 0 Å². The Bertz CT molecular complexity index is 629. The number of aryl methyl sites for hydroxylation is 3. The highest BCUT2D eigenvalue weighted by atomic mass is 32.1. The summed E-state index contributed by atoms with van der Waals surface area (Å²) < 4.78 is 0. The Hall–Kier alpha value is -1.88. The molecule has 0 saturated carbocycles. The van der Waals surface area contributed by atoms with E-state index in [2.05, 4.69) is 65.6 Å². The molecule has 0 bridgehead atoms.